The van der Waals surface area contributed by atoms with Crippen molar-refractivity contribution in [2.45, 2.75) is 45.9 Å². The van der Waals surface area contributed by atoms with Gasteiger partial charge in [-0.15, -0.1) is 0 Å². The molecule has 0 heterocycles. The Morgan fingerprint density at radius 3 is 2.11 bits per heavy atom. The molecule has 0 amide bonds. The average molecular weight is 551 g/mol. The van der Waals surface area contributed by atoms with E-state index in [4.69, 9.17) is 42.1 Å². The summed E-state index contributed by atoms with van der Waals surface area (Å²) < 4.78 is 59.5. The first kappa shape index (κ1) is 29.3. The number of alkyl halides is 3. The highest BCUT2D eigenvalue weighted by molar-refractivity contribution is 6.34. The number of carbonyl (C=O) groups is 3. The first-order valence-corrected chi connectivity index (χ1v) is 11.5. The molecule has 36 heavy (non-hydrogen) atoms. The standard InChI is InChI=1S/C24H23Cl2F3O7/c1-5-33-21(30)12(3)16-10-15(36-19-8-7-14(9-18(19)25)24(27,28)29)11-17(20(16)26)23(32)35-13(4)22(31)34-6-2/h7-13H,5-6H2,1-4H3/t12?,13-/m0/s1. The highest BCUT2D eigenvalue weighted by atomic mass is 35.5. The van der Waals surface area contributed by atoms with Crippen molar-refractivity contribution in [3.8, 4) is 11.5 Å². The second-order valence-corrected chi connectivity index (χ2v) is 8.18. The van der Waals surface area contributed by atoms with Crippen LogP contribution in [-0.4, -0.2) is 37.2 Å². The van der Waals surface area contributed by atoms with E-state index in [0.29, 0.717) is 6.07 Å². The summed E-state index contributed by atoms with van der Waals surface area (Å²) in [6.45, 7) is 6.13. The zero-order chi connectivity index (χ0) is 27.2. The quantitative estimate of drug-likeness (QED) is 0.257. The summed E-state index contributed by atoms with van der Waals surface area (Å²) in [6, 6.07) is 4.94. The zero-order valence-electron chi connectivity index (χ0n) is 19.7. The number of hydrogen-bond acceptors (Lipinski definition) is 7. The number of carbonyl (C=O) groups excluding carboxylic acids is 3. The predicted octanol–water partition coefficient (Wildman–Crippen LogP) is 6.58. The summed E-state index contributed by atoms with van der Waals surface area (Å²) in [5.41, 5.74) is -1.13. The van der Waals surface area contributed by atoms with Crippen molar-refractivity contribution in [2.75, 3.05) is 13.2 Å². The molecular weight excluding hydrogens is 528 g/mol. The van der Waals surface area contributed by atoms with E-state index in [0.717, 1.165) is 18.2 Å². The molecular formula is C24H23Cl2F3O7. The lowest BCUT2D eigenvalue weighted by atomic mass is 9.98. The lowest BCUT2D eigenvalue weighted by Gasteiger charge is -2.18. The highest BCUT2D eigenvalue weighted by Crippen LogP contribution is 2.39. The van der Waals surface area contributed by atoms with Gasteiger partial charge in [0.25, 0.3) is 0 Å². The molecule has 7 nitrogen and oxygen atoms in total. The first-order chi connectivity index (χ1) is 16.8. The molecule has 0 saturated carbocycles. The van der Waals surface area contributed by atoms with Crippen LogP contribution in [0.5, 0.6) is 11.5 Å². The number of benzene rings is 2. The summed E-state index contributed by atoms with van der Waals surface area (Å²) in [5, 5.41) is -0.512. The van der Waals surface area contributed by atoms with Crippen molar-refractivity contribution in [1.82, 2.24) is 0 Å². The van der Waals surface area contributed by atoms with Gasteiger partial charge < -0.3 is 18.9 Å². The smallest absolute Gasteiger partial charge is 0.416 e. The van der Waals surface area contributed by atoms with Gasteiger partial charge in [0.1, 0.15) is 11.5 Å². The number of halogens is 5. The van der Waals surface area contributed by atoms with E-state index < -0.39 is 41.7 Å². The summed E-state index contributed by atoms with van der Waals surface area (Å²) >= 11 is 12.4. The molecule has 2 rings (SSSR count). The Bertz CT molecular complexity index is 1140. The average Bonchev–Trinajstić information content (AvgIpc) is 2.80. The van der Waals surface area contributed by atoms with Crippen molar-refractivity contribution in [1.29, 1.82) is 0 Å². The van der Waals surface area contributed by atoms with E-state index in [1.54, 1.807) is 13.8 Å². The van der Waals surface area contributed by atoms with Gasteiger partial charge in [0.2, 0.25) is 0 Å². The maximum atomic E-state index is 13.0. The van der Waals surface area contributed by atoms with Gasteiger partial charge in [-0.1, -0.05) is 23.2 Å². The molecule has 0 fully saturated rings. The fraction of sp³-hybridized carbons (Fsp3) is 0.375. The normalized spacial score (nSPS) is 12.9. The van der Waals surface area contributed by atoms with Crippen LogP contribution in [-0.2, 0) is 30.0 Å². The van der Waals surface area contributed by atoms with Crippen molar-refractivity contribution < 1.29 is 46.5 Å². The van der Waals surface area contributed by atoms with E-state index in [-0.39, 0.29) is 45.9 Å². The first-order valence-electron chi connectivity index (χ1n) is 10.7. The van der Waals surface area contributed by atoms with E-state index in [9.17, 15) is 27.6 Å². The number of rotatable bonds is 9. The van der Waals surface area contributed by atoms with Gasteiger partial charge >= 0.3 is 24.1 Å². The molecule has 0 bridgehead atoms. The summed E-state index contributed by atoms with van der Waals surface area (Å²) in [6.07, 6.45) is -5.88. The predicted molar refractivity (Wildman–Crippen MR) is 125 cm³/mol. The van der Waals surface area contributed by atoms with Crippen LogP contribution >= 0.6 is 23.2 Å². The van der Waals surface area contributed by atoms with Crippen LogP contribution in [0.25, 0.3) is 0 Å². The SMILES string of the molecule is CCOC(=O)C(C)c1cc(Oc2ccc(C(F)(F)F)cc2Cl)cc(C(=O)O[C@@H](C)C(=O)OCC)c1Cl. The Hall–Kier alpha value is -2.98. The molecule has 2 atom stereocenters. The Morgan fingerprint density at radius 1 is 0.944 bits per heavy atom. The minimum absolute atomic E-state index is 0.0693. The van der Waals surface area contributed by atoms with Crippen LogP contribution in [0.3, 0.4) is 0 Å². The summed E-state index contributed by atoms with van der Waals surface area (Å²) in [5.74, 6) is -3.65. The van der Waals surface area contributed by atoms with Crippen molar-refractivity contribution >= 4 is 41.1 Å². The Kier molecular flexibility index (Phi) is 10.0. The van der Waals surface area contributed by atoms with Crippen LogP contribution < -0.4 is 4.74 Å². The Balaban J connectivity index is 2.51. The monoisotopic (exact) mass is 550 g/mol. The Labute approximate surface area is 215 Å². The molecule has 0 aliphatic heterocycles. The minimum atomic E-state index is -4.61. The van der Waals surface area contributed by atoms with E-state index in [1.807, 2.05) is 0 Å². The highest BCUT2D eigenvalue weighted by Gasteiger charge is 2.31. The van der Waals surface area contributed by atoms with Gasteiger partial charge in [-0.3, -0.25) is 4.79 Å². The minimum Gasteiger partial charge on any atom is -0.466 e. The molecule has 0 aliphatic rings. The van der Waals surface area contributed by atoms with Gasteiger partial charge in [0, 0.05) is 0 Å². The van der Waals surface area contributed by atoms with Gasteiger partial charge in [0.15, 0.2) is 6.10 Å². The molecule has 2 aromatic carbocycles. The second-order valence-electron chi connectivity index (χ2n) is 7.39. The molecule has 0 N–H and O–H groups in total. The van der Waals surface area contributed by atoms with Crippen LogP contribution in [0.4, 0.5) is 13.2 Å². The molecule has 2 aromatic rings. The van der Waals surface area contributed by atoms with Gasteiger partial charge in [-0.2, -0.15) is 13.2 Å². The molecule has 0 aromatic heterocycles. The van der Waals surface area contributed by atoms with Crippen LogP contribution in [0, 0.1) is 0 Å². The number of ether oxygens (including phenoxy) is 4. The van der Waals surface area contributed by atoms with Crippen molar-refractivity contribution in [2.24, 2.45) is 0 Å². The van der Waals surface area contributed by atoms with Crippen molar-refractivity contribution in [3.05, 3.63) is 57.1 Å². The fourth-order valence-electron chi connectivity index (χ4n) is 2.95. The number of hydrogen-bond donors (Lipinski definition) is 0. The molecule has 0 spiro atoms. The maximum absolute atomic E-state index is 13.0. The molecule has 12 heteroatoms. The molecule has 1 unspecified atom stereocenters. The zero-order valence-corrected chi connectivity index (χ0v) is 21.2. The number of esters is 3. The maximum Gasteiger partial charge on any atom is 0.416 e. The van der Waals surface area contributed by atoms with Gasteiger partial charge in [-0.25, -0.2) is 9.59 Å². The second kappa shape index (κ2) is 12.3. The third kappa shape index (κ3) is 7.27. The van der Waals surface area contributed by atoms with E-state index in [1.165, 1.54) is 19.9 Å². The largest absolute Gasteiger partial charge is 0.466 e. The fourth-order valence-corrected chi connectivity index (χ4v) is 3.52. The topological polar surface area (TPSA) is 88.1 Å². The summed E-state index contributed by atoms with van der Waals surface area (Å²) in [4.78, 5) is 37.1. The molecule has 0 radical (unpaired) electrons. The van der Waals surface area contributed by atoms with E-state index >= 15 is 0 Å². The molecule has 196 valence electrons. The molecule has 0 saturated heterocycles. The van der Waals surface area contributed by atoms with Gasteiger partial charge in [0.05, 0.1) is 40.3 Å². The lowest BCUT2D eigenvalue weighted by Crippen LogP contribution is -2.26. The van der Waals surface area contributed by atoms with Crippen LogP contribution in [0.2, 0.25) is 10.0 Å². The Morgan fingerprint density at radius 2 is 1.56 bits per heavy atom. The van der Waals surface area contributed by atoms with Crippen molar-refractivity contribution in [3.63, 3.8) is 0 Å². The van der Waals surface area contributed by atoms with Crippen LogP contribution in [0.1, 0.15) is 55.1 Å². The summed E-state index contributed by atoms with van der Waals surface area (Å²) in [7, 11) is 0. The van der Waals surface area contributed by atoms with Crippen LogP contribution in [0.15, 0.2) is 30.3 Å². The van der Waals surface area contributed by atoms with Gasteiger partial charge in [-0.05, 0) is 63.6 Å². The molecule has 0 aliphatic carbocycles. The third-order valence-electron chi connectivity index (χ3n) is 4.79. The van der Waals surface area contributed by atoms with E-state index in [2.05, 4.69) is 0 Å². The third-order valence-corrected chi connectivity index (χ3v) is 5.51. The lowest BCUT2D eigenvalue weighted by molar-refractivity contribution is -0.152.